The van der Waals surface area contributed by atoms with Crippen molar-refractivity contribution in [3.05, 3.63) is 29.3 Å². The van der Waals surface area contributed by atoms with Crippen molar-refractivity contribution in [3.63, 3.8) is 0 Å². The molecule has 1 aromatic rings. The maximum Gasteiger partial charge on any atom is 0.126 e. The molecule has 3 heteroatoms. The molecule has 0 aliphatic heterocycles. The minimum absolute atomic E-state index is 0.231. The van der Waals surface area contributed by atoms with Crippen LogP contribution in [0.4, 0.5) is 0 Å². The van der Waals surface area contributed by atoms with Crippen molar-refractivity contribution in [2.45, 2.75) is 46.6 Å². The maximum atomic E-state index is 8.94. The highest BCUT2D eigenvalue weighted by Gasteiger charge is 2.15. The molecule has 0 heterocycles. The summed E-state index contributed by atoms with van der Waals surface area (Å²) in [7, 11) is 0. The van der Waals surface area contributed by atoms with Crippen LogP contribution in [0.15, 0.2) is 18.2 Å². The van der Waals surface area contributed by atoms with Crippen molar-refractivity contribution in [3.8, 4) is 11.8 Å². The van der Waals surface area contributed by atoms with Gasteiger partial charge in [0.25, 0.3) is 0 Å². The molecule has 0 aliphatic rings. The number of benzene rings is 1. The second kappa shape index (κ2) is 7.16. The SMILES string of the molecule is Cc1cccc(CN)c1OCCCCC(C)(C)C#N. The average molecular weight is 260 g/mol. The topological polar surface area (TPSA) is 59.0 Å². The van der Waals surface area contributed by atoms with Gasteiger partial charge in [0.2, 0.25) is 0 Å². The van der Waals surface area contributed by atoms with Crippen molar-refractivity contribution >= 4 is 0 Å². The number of para-hydroxylation sites is 1. The highest BCUT2D eigenvalue weighted by molar-refractivity contribution is 5.40. The molecule has 0 atom stereocenters. The molecule has 19 heavy (non-hydrogen) atoms. The minimum atomic E-state index is -0.231. The number of rotatable bonds is 7. The average Bonchev–Trinajstić information content (AvgIpc) is 2.39. The Balaban J connectivity index is 2.40. The Morgan fingerprint density at radius 1 is 1.32 bits per heavy atom. The molecule has 0 bridgehead atoms. The molecule has 0 amide bonds. The Morgan fingerprint density at radius 3 is 2.68 bits per heavy atom. The molecule has 2 N–H and O–H groups in total. The number of ether oxygens (including phenoxy) is 1. The second-order valence-corrected chi connectivity index (χ2v) is 5.57. The number of nitrogens with two attached hydrogens (primary N) is 1. The largest absolute Gasteiger partial charge is 0.493 e. The van der Waals surface area contributed by atoms with Gasteiger partial charge in [0.1, 0.15) is 5.75 Å². The molecule has 0 unspecified atom stereocenters. The number of unbranched alkanes of at least 4 members (excludes halogenated alkanes) is 1. The number of hydrogen-bond donors (Lipinski definition) is 1. The monoisotopic (exact) mass is 260 g/mol. The van der Waals surface area contributed by atoms with Crippen LogP contribution in [0.3, 0.4) is 0 Å². The van der Waals surface area contributed by atoms with Crippen molar-refractivity contribution in [1.29, 1.82) is 5.26 Å². The first-order chi connectivity index (χ1) is 9.00. The molecule has 0 spiro atoms. The lowest BCUT2D eigenvalue weighted by molar-refractivity contribution is 0.290. The Hall–Kier alpha value is -1.53. The highest BCUT2D eigenvalue weighted by atomic mass is 16.5. The predicted molar refractivity (Wildman–Crippen MR) is 77.8 cm³/mol. The van der Waals surface area contributed by atoms with Crippen molar-refractivity contribution in [2.75, 3.05) is 6.61 Å². The van der Waals surface area contributed by atoms with E-state index in [1.807, 2.05) is 39.0 Å². The minimum Gasteiger partial charge on any atom is -0.493 e. The summed E-state index contributed by atoms with van der Waals surface area (Å²) in [5, 5.41) is 8.94. The van der Waals surface area contributed by atoms with Crippen LogP contribution in [0, 0.1) is 23.7 Å². The van der Waals surface area contributed by atoms with Crippen LogP contribution in [0.1, 0.15) is 44.2 Å². The van der Waals surface area contributed by atoms with Gasteiger partial charge in [0, 0.05) is 12.1 Å². The molecular formula is C16H24N2O. The van der Waals surface area contributed by atoms with Crippen LogP contribution in [0.25, 0.3) is 0 Å². The summed E-state index contributed by atoms with van der Waals surface area (Å²) in [6, 6.07) is 8.36. The van der Waals surface area contributed by atoms with Gasteiger partial charge >= 0.3 is 0 Å². The Bertz CT molecular complexity index is 447. The van der Waals surface area contributed by atoms with Crippen molar-refractivity contribution in [1.82, 2.24) is 0 Å². The standard InChI is InChI=1S/C16H24N2O/c1-13-7-6-8-14(11-17)15(13)19-10-5-4-9-16(2,3)12-18/h6-8H,4-5,9-11,17H2,1-3H3. The zero-order chi connectivity index (χ0) is 14.3. The predicted octanol–water partition coefficient (Wildman–Crippen LogP) is 3.55. The van der Waals surface area contributed by atoms with E-state index in [1.54, 1.807) is 0 Å². The number of hydrogen-bond acceptors (Lipinski definition) is 3. The van der Waals surface area contributed by atoms with E-state index in [1.165, 1.54) is 0 Å². The van der Waals surface area contributed by atoms with Crippen LogP contribution in [0.2, 0.25) is 0 Å². The van der Waals surface area contributed by atoms with Gasteiger partial charge in [0.15, 0.2) is 0 Å². The normalized spacial score (nSPS) is 11.1. The fourth-order valence-electron chi connectivity index (χ4n) is 1.98. The lowest BCUT2D eigenvalue weighted by Gasteiger charge is -2.16. The van der Waals surface area contributed by atoms with Crippen LogP contribution in [-0.4, -0.2) is 6.61 Å². The molecule has 104 valence electrons. The quantitative estimate of drug-likeness (QED) is 0.763. The Morgan fingerprint density at radius 2 is 2.05 bits per heavy atom. The molecule has 0 saturated carbocycles. The molecule has 0 saturated heterocycles. The second-order valence-electron chi connectivity index (χ2n) is 5.57. The summed E-state index contributed by atoms with van der Waals surface area (Å²) in [5.74, 6) is 0.921. The van der Waals surface area contributed by atoms with Gasteiger partial charge in [0.05, 0.1) is 18.1 Å². The van der Waals surface area contributed by atoms with Gasteiger partial charge in [-0.1, -0.05) is 18.2 Å². The maximum absolute atomic E-state index is 8.94. The number of nitriles is 1. The summed E-state index contributed by atoms with van der Waals surface area (Å²) in [6.45, 7) is 7.16. The summed E-state index contributed by atoms with van der Waals surface area (Å²) in [4.78, 5) is 0. The smallest absolute Gasteiger partial charge is 0.126 e. The van der Waals surface area contributed by atoms with E-state index >= 15 is 0 Å². The summed E-state index contributed by atoms with van der Waals surface area (Å²) < 4.78 is 5.84. The number of aryl methyl sites for hydroxylation is 1. The van der Waals surface area contributed by atoms with Crippen LogP contribution >= 0.6 is 0 Å². The van der Waals surface area contributed by atoms with E-state index in [2.05, 4.69) is 6.07 Å². The van der Waals surface area contributed by atoms with Gasteiger partial charge in [-0.2, -0.15) is 5.26 Å². The van der Waals surface area contributed by atoms with Crippen LogP contribution < -0.4 is 10.5 Å². The summed E-state index contributed by atoms with van der Waals surface area (Å²) in [6.07, 6.45) is 2.87. The van der Waals surface area contributed by atoms with E-state index in [4.69, 9.17) is 15.7 Å². The third-order valence-corrected chi connectivity index (χ3v) is 3.26. The fourth-order valence-corrected chi connectivity index (χ4v) is 1.98. The van der Waals surface area contributed by atoms with Crippen LogP contribution in [-0.2, 0) is 6.54 Å². The van der Waals surface area contributed by atoms with Crippen molar-refractivity contribution < 1.29 is 4.74 Å². The van der Waals surface area contributed by atoms with Gasteiger partial charge in [-0.05, 0) is 45.6 Å². The molecule has 1 aromatic carbocycles. The van der Waals surface area contributed by atoms with E-state index in [0.717, 1.165) is 36.1 Å². The van der Waals surface area contributed by atoms with E-state index in [0.29, 0.717) is 13.2 Å². The Labute approximate surface area is 116 Å². The van der Waals surface area contributed by atoms with Gasteiger partial charge in [-0.25, -0.2) is 0 Å². The first-order valence-electron chi connectivity index (χ1n) is 6.83. The molecule has 0 aromatic heterocycles. The summed E-state index contributed by atoms with van der Waals surface area (Å²) in [5.41, 5.74) is 7.66. The Kier molecular flexibility index (Phi) is 5.85. The van der Waals surface area contributed by atoms with Crippen molar-refractivity contribution in [2.24, 2.45) is 11.1 Å². The first-order valence-corrected chi connectivity index (χ1v) is 6.83. The fraction of sp³-hybridized carbons (Fsp3) is 0.562. The summed E-state index contributed by atoms with van der Waals surface area (Å²) >= 11 is 0. The third-order valence-electron chi connectivity index (χ3n) is 3.26. The zero-order valence-electron chi connectivity index (χ0n) is 12.2. The van der Waals surface area contributed by atoms with Gasteiger partial charge in [-0.15, -0.1) is 0 Å². The lowest BCUT2D eigenvalue weighted by atomic mass is 9.89. The third kappa shape index (κ3) is 4.92. The molecule has 0 aliphatic carbocycles. The van der Waals surface area contributed by atoms with E-state index < -0.39 is 0 Å². The first kappa shape index (κ1) is 15.5. The number of nitrogens with zero attached hydrogens (tertiary/aromatic N) is 1. The van der Waals surface area contributed by atoms with Gasteiger partial charge in [-0.3, -0.25) is 0 Å². The molecule has 0 fully saturated rings. The lowest BCUT2D eigenvalue weighted by Crippen LogP contribution is -2.09. The van der Waals surface area contributed by atoms with E-state index in [9.17, 15) is 0 Å². The highest BCUT2D eigenvalue weighted by Crippen LogP contribution is 2.24. The molecular weight excluding hydrogens is 236 g/mol. The molecule has 3 nitrogen and oxygen atoms in total. The van der Waals surface area contributed by atoms with E-state index in [-0.39, 0.29) is 5.41 Å². The zero-order valence-corrected chi connectivity index (χ0v) is 12.2. The van der Waals surface area contributed by atoms with Crippen LogP contribution in [0.5, 0.6) is 5.75 Å². The van der Waals surface area contributed by atoms with Gasteiger partial charge < -0.3 is 10.5 Å². The molecule has 0 radical (unpaired) electrons. The molecule has 1 rings (SSSR count).